The number of amides is 4. The fourth-order valence-electron chi connectivity index (χ4n) is 4.85. The molecule has 0 spiro atoms. The number of benzene rings is 2. The highest BCUT2D eigenvalue weighted by molar-refractivity contribution is 6.12. The van der Waals surface area contributed by atoms with E-state index in [0.29, 0.717) is 11.3 Å². The number of piperidine rings is 1. The van der Waals surface area contributed by atoms with Gasteiger partial charge in [0.25, 0.3) is 5.91 Å². The molecular formula is C26H26FN5O3. The number of carbonyl (C=O) groups is 3. The second kappa shape index (κ2) is 8.98. The van der Waals surface area contributed by atoms with E-state index in [1.807, 2.05) is 18.2 Å². The summed E-state index contributed by atoms with van der Waals surface area (Å²) in [6.07, 6.45) is 6.96. The van der Waals surface area contributed by atoms with E-state index in [2.05, 4.69) is 20.5 Å². The van der Waals surface area contributed by atoms with Crippen molar-refractivity contribution >= 4 is 40.0 Å². The maximum Gasteiger partial charge on any atom is 0.325 e. The largest absolute Gasteiger partial charge is 0.371 e. The molecule has 2 aliphatic rings. The molecule has 2 fully saturated rings. The Kier molecular flexibility index (Phi) is 5.84. The summed E-state index contributed by atoms with van der Waals surface area (Å²) < 4.78 is 13.3. The molecule has 2 saturated heterocycles. The van der Waals surface area contributed by atoms with Crippen molar-refractivity contribution in [3.63, 3.8) is 0 Å². The monoisotopic (exact) mass is 475 g/mol. The summed E-state index contributed by atoms with van der Waals surface area (Å²) in [5, 5.41) is 7.24. The molecule has 0 aliphatic carbocycles. The summed E-state index contributed by atoms with van der Waals surface area (Å²) in [6, 6.07) is 10.4. The lowest BCUT2D eigenvalue weighted by molar-refractivity contribution is -0.133. The summed E-state index contributed by atoms with van der Waals surface area (Å²) in [5.41, 5.74) is 0.722. The van der Waals surface area contributed by atoms with E-state index in [9.17, 15) is 18.8 Å². The zero-order valence-corrected chi connectivity index (χ0v) is 19.4. The Morgan fingerprint density at radius 1 is 1.06 bits per heavy atom. The SMILES string of the molecule is CC1(c2ccc(F)cc2)NC(=O)N(CC(=O)Nc2ccc(N3CCCCC3)c3ccncc23)C1=O. The number of anilines is 2. The molecule has 0 bridgehead atoms. The molecule has 2 aromatic carbocycles. The maximum atomic E-state index is 13.3. The Bertz CT molecular complexity index is 1310. The number of hydrogen-bond acceptors (Lipinski definition) is 5. The van der Waals surface area contributed by atoms with E-state index in [1.165, 1.54) is 37.6 Å². The third-order valence-corrected chi connectivity index (χ3v) is 6.76. The van der Waals surface area contributed by atoms with Crippen molar-refractivity contribution in [1.82, 2.24) is 15.2 Å². The second-order valence-electron chi connectivity index (χ2n) is 9.10. The van der Waals surface area contributed by atoms with E-state index in [4.69, 9.17) is 0 Å². The fourth-order valence-corrected chi connectivity index (χ4v) is 4.85. The first-order chi connectivity index (χ1) is 16.9. The van der Waals surface area contributed by atoms with Gasteiger partial charge in [0, 0.05) is 41.9 Å². The van der Waals surface area contributed by atoms with Gasteiger partial charge in [-0.1, -0.05) is 12.1 Å². The summed E-state index contributed by atoms with van der Waals surface area (Å²) in [6.45, 7) is 3.07. The lowest BCUT2D eigenvalue weighted by atomic mass is 9.92. The Morgan fingerprint density at radius 3 is 2.54 bits per heavy atom. The van der Waals surface area contributed by atoms with Gasteiger partial charge in [-0.2, -0.15) is 0 Å². The van der Waals surface area contributed by atoms with Crippen molar-refractivity contribution in [3.05, 3.63) is 66.2 Å². The number of hydrogen-bond donors (Lipinski definition) is 2. The zero-order valence-electron chi connectivity index (χ0n) is 19.4. The van der Waals surface area contributed by atoms with E-state index in [-0.39, 0.29) is 0 Å². The molecule has 1 atom stereocenters. The molecule has 4 amide bonds. The number of pyridine rings is 1. The van der Waals surface area contributed by atoms with Crippen LogP contribution in [0.5, 0.6) is 0 Å². The minimum atomic E-state index is -1.38. The molecule has 5 rings (SSSR count). The van der Waals surface area contributed by atoms with Gasteiger partial charge in [0.15, 0.2) is 0 Å². The predicted molar refractivity (Wildman–Crippen MR) is 130 cm³/mol. The highest BCUT2D eigenvalue weighted by Crippen LogP contribution is 2.34. The Labute approximate surface area is 202 Å². The lowest BCUT2D eigenvalue weighted by Gasteiger charge is -2.30. The van der Waals surface area contributed by atoms with Gasteiger partial charge < -0.3 is 15.5 Å². The lowest BCUT2D eigenvalue weighted by Crippen LogP contribution is -2.42. The van der Waals surface area contributed by atoms with Crippen LogP contribution in [0.2, 0.25) is 0 Å². The molecule has 8 nitrogen and oxygen atoms in total. The molecule has 0 saturated carbocycles. The molecule has 1 aromatic heterocycles. The van der Waals surface area contributed by atoms with Crippen LogP contribution in [0.25, 0.3) is 10.8 Å². The van der Waals surface area contributed by atoms with Crippen LogP contribution in [0.4, 0.5) is 20.6 Å². The van der Waals surface area contributed by atoms with Crippen LogP contribution in [0.1, 0.15) is 31.7 Å². The molecule has 180 valence electrons. The van der Waals surface area contributed by atoms with E-state index in [1.54, 1.807) is 12.4 Å². The van der Waals surface area contributed by atoms with Gasteiger partial charge in [0.1, 0.15) is 17.9 Å². The number of carbonyl (C=O) groups excluding carboxylic acids is 3. The van der Waals surface area contributed by atoms with Crippen molar-refractivity contribution in [2.24, 2.45) is 0 Å². The molecule has 3 aromatic rings. The molecule has 3 heterocycles. The summed E-state index contributed by atoms with van der Waals surface area (Å²) in [5.74, 6) is -1.53. The maximum absolute atomic E-state index is 13.3. The molecule has 2 N–H and O–H groups in total. The quantitative estimate of drug-likeness (QED) is 0.548. The first-order valence-corrected chi connectivity index (χ1v) is 11.7. The van der Waals surface area contributed by atoms with Gasteiger partial charge in [-0.25, -0.2) is 9.18 Å². The number of urea groups is 1. The Morgan fingerprint density at radius 2 is 1.80 bits per heavy atom. The summed E-state index contributed by atoms with van der Waals surface area (Å²) >= 11 is 0. The normalized spacial score (nSPS) is 20.3. The summed E-state index contributed by atoms with van der Waals surface area (Å²) in [4.78, 5) is 46.1. The average Bonchev–Trinajstić information content (AvgIpc) is 3.09. The predicted octanol–water partition coefficient (Wildman–Crippen LogP) is 3.77. The highest BCUT2D eigenvalue weighted by atomic mass is 19.1. The van der Waals surface area contributed by atoms with Crippen LogP contribution < -0.4 is 15.5 Å². The molecule has 1 unspecified atom stereocenters. The van der Waals surface area contributed by atoms with Gasteiger partial charge in [-0.3, -0.25) is 19.5 Å². The minimum Gasteiger partial charge on any atom is -0.371 e. The molecule has 9 heteroatoms. The molecular weight excluding hydrogens is 449 g/mol. The van der Waals surface area contributed by atoms with Gasteiger partial charge >= 0.3 is 6.03 Å². The van der Waals surface area contributed by atoms with Crippen LogP contribution in [-0.2, 0) is 15.1 Å². The van der Waals surface area contributed by atoms with Crippen molar-refractivity contribution in [1.29, 1.82) is 0 Å². The topological polar surface area (TPSA) is 94.6 Å². The van der Waals surface area contributed by atoms with E-state index >= 15 is 0 Å². The molecule has 35 heavy (non-hydrogen) atoms. The zero-order chi connectivity index (χ0) is 24.6. The fraction of sp³-hybridized carbons (Fsp3) is 0.308. The number of nitrogens with zero attached hydrogens (tertiary/aromatic N) is 3. The summed E-state index contributed by atoms with van der Waals surface area (Å²) in [7, 11) is 0. The van der Waals surface area contributed by atoms with Crippen LogP contribution in [0, 0.1) is 5.82 Å². The van der Waals surface area contributed by atoms with Crippen molar-refractivity contribution in [3.8, 4) is 0 Å². The van der Waals surface area contributed by atoms with Gasteiger partial charge in [-0.15, -0.1) is 0 Å². The van der Waals surface area contributed by atoms with Crippen molar-refractivity contribution in [2.45, 2.75) is 31.7 Å². The van der Waals surface area contributed by atoms with E-state index in [0.717, 1.165) is 47.3 Å². The number of nitrogens with one attached hydrogen (secondary N) is 2. The van der Waals surface area contributed by atoms with Crippen LogP contribution in [-0.4, -0.2) is 47.4 Å². The second-order valence-corrected chi connectivity index (χ2v) is 9.10. The number of aromatic nitrogens is 1. The Hall–Kier alpha value is -4.01. The van der Waals surface area contributed by atoms with Crippen LogP contribution >= 0.6 is 0 Å². The molecule has 2 aliphatic heterocycles. The third kappa shape index (κ3) is 4.18. The van der Waals surface area contributed by atoms with Gasteiger partial charge in [0.05, 0.1) is 5.69 Å². The minimum absolute atomic E-state index is 0.436. The average molecular weight is 476 g/mol. The first-order valence-electron chi connectivity index (χ1n) is 11.7. The van der Waals surface area contributed by atoms with Crippen LogP contribution in [0.3, 0.4) is 0 Å². The standard InChI is InChI=1S/C26H26FN5O3/c1-26(17-5-7-18(27)8-6-17)24(34)32(25(35)30-26)16-23(33)29-21-9-10-22(31-13-3-2-4-14-31)19-11-12-28-15-20(19)21/h5-12,15H,2-4,13-14,16H2,1H3,(H,29,33)(H,30,35). The Balaban J connectivity index is 1.35. The van der Waals surface area contributed by atoms with Crippen molar-refractivity contribution < 1.29 is 18.8 Å². The number of imide groups is 1. The van der Waals surface area contributed by atoms with Crippen molar-refractivity contribution in [2.75, 3.05) is 29.9 Å². The van der Waals surface area contributed by atoms with E-state index < -0.39 is 35.7 Å². The first kappa shape index (κ1) is 22.8. The number of fused-ring (bicyclic) bond motifs is 1. The van der Waals surface area contributed by atoms with Gasteiger partial charge in [-0.05, 0) is 62.1 Å². The van der Waals surface area contributed by atoms with Gasteiger partial charge in [0.2, 0.25) is 5.91 Å². The smallest absolute Gasteiger partial charge is 0.325 e. The molecule has 0 radical (unpaired) electrons. The number of halogens is 1. The third-order valence-electron chi connectivity index (χ3n) is 6.76. The van der Waals surface area contributed by atoms with Crippen LogP contribution in [0.15, 0.2) is 54.9 Å². The number of rotatable bonds is 5. The highest BCUT2D eigenvalue weighted by Gasteiger charge is 2.49.